The molecule has 0 aromatic rings. The molecule has 6 nitrogen and oxygen atoms in total. The van der Waals surface area contributed by atoms with Crippen molar-refractivity contribution in [1.82, 2.24) is 0 Å². The number of carbonyl (C=O) groups is 1. The minimum atomic E-state index is -0.933. The quantitative estimate of drug-likeness (QED) is 0.664. The zero-order valence-electron chi connectivity index (χ0n) is 9.87. The van der Waals surface area contributed by atoms with Crippen molar-refractivity contribution in [2.45, 2.75) is 51.3 Å². The molecule has 0 saturated carbocycles. The summed E-state index contributed by atoms with van der Waals surface area (Å²) < 4.78 is 10.6. The molecule has 1 aliphatic heterocycles. The molecule has 17 heavy (non-hydrogen) atoms. The van der Waals surface area contributed by atoms with Crippen LogP contribution in [0.25, 0.3) is 0 Å². The largest absolute Gasteiger partial charge is 0.507 e. The molecule has 1 aliphatic rings. The molecule has 3 N–H and O–H groups in total. The molecule has 0 bridgehead atoms. The van der Waals surface area contributed by atoms with Gasteiger partial charge in [0, 0.05) is 6.42 Å². The average molecular weight is 246 g/mol. The Labute approximate surface area is 99.5 Å². The van der Waals surface area contributed by atoms with Gasteiger partial charge in [0.15, 0.2) is 0 Å². The maximum atomic E-state index is 10.4. The Balaban J connectivity index is 2.45. The van der Waals surface area contributed by atoms with E-state index in [1.165, 1.54) is 6.08 Å². The summed E-state index contributed by atoms with van der Waals surface area (Å²) in [5.74, 6) is -1.08. The zero-order valence-corrected chi connectivity index (χ0v) is 9.87. The van der Waals surface area contributed by atoms with E-state index in [1.54, 1.807) is 13.8 Å². The standard InChI is InChI=1S/C11H18O6/c1-6(3-4-10(14)15)16-11-9(13)5-8(12)7(2)17-11/h5-8,11-13H,3-4H2,1-2H3,(H,14,15)/t6-,7?,8-,11-/m1/s1. The second-order valence-electron chi connectivity index (χ2n) is 4.13. The van der Waals surface area contributed by atoms with Gasteiger partial charge < -0.3 is 24.8 Å². The van der Waals surface area contributed by atoms with Crippen LogP contribution in [0.5, 0.6) is 0 Å². The molecule has 0 radical (unpaired) electrons. The minimum absolute atomic E-state index is 0.00343. The van der Waals surface area contributed by atoms with Crippen molar-refractivity contribution >= 4 is 5.97 Å². The Morgan fingerprint density at radius 1 is 1.65 bits per heavy atom. The molecule has 0 aromatic carbocycles. The van der Waals surface area contributed by atoms with Gasteiger partial charge in [-0.25, -0.2) is 0 Å². The molecule has 1 unspecified atom stereocenters. The molecule has 0 amide bonds. The van der Waals surface area contributed by atoms with Crippen LogP contribution in [0, 0.1) is 0 Å². The van der Waals surface area contributed by atoms with Crippen molar-refractivity contribution in [2.75, 3.05) is 0 Å². The number of aliphatic hydroxyl groups excluding tert-OH is 2. The van der Waals surface area contributed by atoms with Crippen LogP contribution in [0.2, 0.25) is 0 Å². The summed E-state index contributed by atoms with van der Waals surface area (Å²) in [5, 5.41) is 27.4. The van der Waals surface area contributed by atoms with E-state index < -0.39 is 24.5 Å². The highest BCUT2D eigenvalue weighted by atomic mass is 16.7. The summed E-state index contributed by atoms with van der Waals surface area (Å²) in [6.45, 7) is 3.36. The Morgan fingerprint density at radius 3 is 2.88 bits per heavy atom. The van der Waals surface area contributed by atoms with Gasteiger partial charge >= 0.3 is 5.97 Å². The van der Waals surface area contributed by atoms with Crippen LogP contribution < -0.4 is 0 Å². The molecular formula is C11H18O6. The first-order valence-corrected chi connectivity index (χ1v) is 5.51. The van der Waals surface area contributed by atoms with Crippen LogP contribution in [0.3, 0.4) is 0 Å². The summed E-state index contributed by atoms with van der Waals surface area (Å²) in [4.78, 5) is 10.4. The van der Waals surface area contributed by atoms with Gasteiger partial charge in [-0.2, -0.15) is 0 Å². The molecular weight excluding hydrogens is 228 g/mol. The lowest BCUT2D eigenvalue weighted by Crippen LogP contribution is -2.38. The van der Waals surface area contributed by atoms with Crippen LogP contribution in [0.4, 0.5) is 0 Å². The zero-order chi connectivity index (χ0) is 13.0. The molecule has 0 fully saturated rings. The lowest BCUT2D eigenvalue weighted by Gasteiger charge is -2.30. The number of ether oxygens (including phenoxy) is 2. The predicted molar refractivity (Wildman–Crippen MR) is 58.5 cm³/mol. The molecule has 98 valence electrons. The number of hydrogen-bond donors (Lipinski definition) is 3. The van der Waals surface area contributed by atoms with Gasteiger partial charge in [-0.15, -0.1) is 0 Å². The van der Waals surface area contributed by atoms with Gasteiger partial charge in [0.05, 0.1) is 12.2 Å². The van der Waals surface area contributed by atoms with E-state index in [0.29, 0.717) is 6.42 Å². The van der Waals surface area contributed by atoms with E-state index in [9.17, 15) is 15.0 Å². The van der Waals surface area contributed by atoms with E-state index in [-0.39, 0.29) is 18.3 Å². The first-order valence-electron chi connectivity index (χ1n) is 5.51. The fourth-order valence-corrected chi connectivity index (χ4v) is 1.44. The van der Waals surface area contributed by atoms with Crippen molar-refractivity contribution in [2.24, 2.45) is 0 Å². The highest BCUT2D eigenvalue weighted by Crippen LogP contribution is 2.20. The van der Waals surface area contributed by atoms with Gasteiger partial charge in [0.2, 0.25) is 6.29 Å². The summed E-state index contributed by atoms with van der Waals surface area (Å²) >= 11 is 0. The van der Waals surface area contributed by atoms with Crippen molar-refractivity contribution in [1.29, 1.82) is 0 Å². The Bertz CT molecular complexity index is 300. The van der Waals surface area contributed by atoms with Gasteiger partial charge in [0.25, 0.3) is 0 Å². The molecule has 0 spiro atoms. The second kappa shape index (κ2) is 6.00. The third kappa shape index (κ3) is 4.33. The smallest absolute Gasteiger partial charge is 0.303 e. The highest BCUT2D eigenvalue weighted by molar-refractivity contribution is 5.66. The van der Waals surface area contributed by atoms with Crippen LogP contribution in [0.15, 0.2) is 11.8 Å². The molecule has 0 aliphatic carbocycles. The number of rotatable bonds is 5. The number of carboxylic acid groups (broad SMARTS) is 1. The SMILES string of the molecule is CC1O[C@@H](O[C@H](C)CCC(=O)O)C(O)=C[C@H]1O. The van der Waals surface area contributed by atoms with Crippen LogP contribution in [-0.2, 0) is 14.3 Å². The summed E-state index contributed by atoms with van der Waals surface area (Å²) in [5.41, 5.74) is 0. The van der Waals surface area contributed by atoms with Crippen molar-refractivity contribution < 1.29 is 29.6 Å². The molecule has 6 heteroatoms. The van der Waals surface area contributed by atoms with E-state index in [0.717, 1.165) is 0 Å². The third-order valence-corrected chi connectivity index (χ3v) is 2.52. The minimum Gasteiger partial charge on any atom is -0.507 e. The van der Waals surface area contributed by atoms with E-state index >= 15 is 0 Å². The van der Waals surface area contributed by atoms with Gasteiger partial charge in [0.1, 0.15) is 11.9 Å². The first-order chi connectivity index (χ1) is 7.90. The van der Waals surface area contributed by atoms with E-state index in [2.05, 4.69) is 0 Å². The highest BCUT2D eigenvalue weighted by Gasteiger charge is 2.29. The third-order valence-electron chi connectivity index (χ3n) is 2.52. The summed E-state index contributed by atoms with van der Waals surface area (Å²) in [6.07, 6.45) is -1.02. The fourth-order valence-electron chi connectivity index (χ4n) is 1.44. The Morgan fingerprint density at radius 2 is 2.29 bits per heavy atom. The molecule has 4 atom stereocenters. The van der Waals surface area contributed by atoms with Gasteiger partial charge in [-0.1, -0.05) is 0 Å². The van der Waals surface area contributed by atoms with E-state index in [1.807, 2.05) is 0 Å². The van der Waals surface area contributed by atoms with Crippen molar-refractivity contribution in [3.05, 3.63) is 11.8 Å². The molecule has 0 aromatic heterocycles. The van der Waals surface area contributed by atoms with Crippen LogP contribution >= 0.6 is 0 Å². The second-order valence-corrected chi connectivity index (χ2v) is 4.13. The summed E-state index contributed by atoms with van der Waals surface area (Å²) in [6, 6.07) is 0. The molecule has 1 heterocycles. The lowest BCUT2D eigenvalue weighted by atomic mass is 10.1. The lowest BCUT2D eigenvalue weighted by molar-refractivity contribution is -0.205. The maximum Gasteiger partial charge on any atom is 0.303 e. The van der Waals surface area contributed by atoms with E-state index in [4.69, 9.17) is 14.6 Å². The maximum absolute atomic E-state index is 10.4. The predicted octanol–water partition coefficient (Wildman–Crippen LogP) is 0.804. The fraction of sp³-hybridized carbons (Fsp3) is 0.727. The van der Waals surface area contributed by atoms with Gasteiger partial charge in [-0.05, 0) is 26.3 Å². The average Bonchev–Trinajstić information content (AvgIpc) is 2.23. The first kappa shape index (κ1) is 14.0. The molecule has 0 saturated heterocycles. The monoisotopic (exact) mass is 246 g/mol. The number of hydrogen-bond acceptors (Lipinski definition) is 5. The van der Waals surface area contributed by atoms with Gasteiger partial charge in [-0.3, -0.25) is 4.79 Å². The normalized spacial score (nSPS) is 30.8. The molecule has 1 rings (SSSR count). The summed E-state index contributed by atoms with van der Waals surface area (Å²) in [7, 11) is 0. The Kier molecular flexibility index (Phi) is 4.92. The van der Waals surface area contributed by atoms with Crippen LogP contribution in [-0.4, -0.2) is 45.9 Å². The topological polar surface area (TPSA) is 96.2 Å². The van der Waals surface area contributed by atoms with Crippen LogP contribution in [0.1, 0.15) is 26.7 Å². The number of aliphatic hydroxyl groups is 2. The van der Waals surface area contributed by atoms with Crippen molar-refractivity contribution in [3.63, 3.8) is 0 Å². The Hall–Kier alpha value is -1.11. The number of carboxylic acids is 1. The number of aliphatic carboxylic acids is 1. The van der Waals surface area contributed by atoms with Crippen molar-refractivity contribution in [3.8, 4) is 0 Å².